The van der Waals surface area contributed by atoms with E-state index < -0.39 is 5.41 Å². The molecule has 0 aliphatic heterocycles. The molecule has 0 atom stereocenters. The SMILES string of the molecule is c1cc(-c2nc3ccccc3c3c4c(ccc23)C2(c3ccccc3-c3ccccc32)c2ccccc2-4)cc(-c2cccc3c2oc2ccccc23)c1. The van der Waals surface area contributed by atoms with E-state index >= 15 is 0 Å². The summed E-state index contributed by atoms with van der Waals surface area (Å²) < 4.78 is 6.48. The molecular formula is C50H29NO. The first-order valence-electron chi connectivity index (χ1n) is 18.0. The summed E-state index contributed by atoms with van der Waals surface area (Å²) in [7, 11) is 0. The lowest BCUT2D eigenvalue weighted by molar-refractivity contribution is 0.670. The van der Waals surface area contributed by atoms with E-state index in [1.165, 1.54) is 55.3 Å². The van der Waals surface area contributed by atoms with Crippen molar-refractivity contribution in [2.75, 3.05) is 0 Å². The summed E-state index contributed by atoms with van der Waals surface area (Å²) in [6.45, 7) is 0. The van der Waals surface area contributed by atoms with Crippen LogP contribution in [-0.2, 0) is 5.41 Å². The van der Waals surface area contributed by atoms with Crippen molar-refractivity contribution >= 4 is 43.6 Å². The van der Waals surface area contributed by atoms with Gasteiger partial charge in [-0.1, -0.05) is 158 Å². The highest BCUT2D eigenvalue weighted by Crippen LogP contribution is 2.64. The standard InChI is InChI=1S/C50H29NO/c1-6-22-40-33(15-1)34-16-2-7-23-41(34)50(40)42-24-8-3-18-37(42)47-43(50)28-27-39-46(47)38-19-4-9-25-44(38)51-48(39)31-14-11-13-30(29-31)32-20-12-21-36-35-17-5-10-26-45(35)52-49(32)36/h1-29H. The topological polar surface area (TPSA) is 26.0 Å². The van der Waals surface area contributed by atoms with Crippen molar-refractivity contribution in [2.45, 2.75) is 5.41 Å². The van der Waals surface area contributed by atoms with Crippen LogP contribution in [0.1, 0.15) is 22.3 Å². The molecular weight excluding hydrogens is 631 g/mol. The van der Waals surface area contributed by atoms with Crippen LogP contribution in [0.2, 0.25) is 0 Å². The Labute approximate surface area is 300 Å². The highest BCUT2D eigenvalue weighted by Gasteiger charge is 2.52. The number of pyridine rings is 1. The normalized spacial score (nSPS) is 13.5. The predicted molar refractivity (Wildman–Crippen MR) is 214 cm³/mol. The summed E-state index contributed by atoms with van der Waals surface area (Å²) in [4.78, 5) is 5.42. The second kappa shape index (κ2) is 10.2. The van der Waals surface area contributed by atoms with Gasteiger partial charge in [0.2, 0.25) is 0 Å². The molecule has 0 unspecified atom stereocenters. The third kappa shape index (κ3) is 3.46. The molecule has 1 spiro atoms. The molecule has 0 amide bonds. The molecule has 0 saturated heterocycles. The molecule has 2 heteroatoms. The average Bonchev–Trinajstić information content (AvgIpc) is 3.85. The number of benzene rings is 8. The van der Waals surface area contributed by atoms with Crippen LogP contribution in [0.4, 0.5) is 0 Å². The maximum atomic E-state index is 6.48. The number of aromatic nitrogens is 1. The van der Waals surface area contributed by atoms with Crippen molar-refractivity contribution in [1.82, 2.24) is 4.98 Å². The maximum Gasteiger partial charge on any atom is 0.143 e. The van der Waals surface area contributed by atoms with Crippen LogP contribution in [0.3, 0.4) is 0 Å². The molecule has 2 heterocycles. The Morgan fingerprint density at radius 2 is 1.00 bits per heavy atom. The predicted octanol–water partition coefficient (Wildman–Crippen LogP) is 13.0. The van der Waals surface area contributed by atoms with Crippen molar-refractivity contribution in [3.8, 4) is 44.6 Å². The first kappa shape index (κ1) is 28.0. The molecule has 10 aromatic rings. The fraction of sp³-hybridized carbons (Fsp3) is 0.0200. The minimum Gasteiger partial charge on any atom is -0.455 e. The van der Waals surface area contributed by atoms with Crippen molar-refractivity contribution in [1.29, 1.82) is 0 Å². The fourth-order valence-electron chi connectivity index (χ4n) is 9.65. The van der Waals surface area contributed by atoms with Gasteiger partial charge in [-0.3, -0.25) is 0 Å². The molecule has 12 rings (SSSR count). The van der Waals surface area contributed by atoms with Crippen molar-refractivity contribution in [3.05, 3.63) is 198 Å². The number of para-hydroxylation sites is 3. The maximum absolute atomic E-state index is 6.48. The smallest absolute Gasteiger partial charge is 0.143 e. The van der Waals surface area contributed by atoms with Crippen LogP contribution < -0.4 is 0 Å². The lowest BCUT2D eigenvalue weighted by Crippen LogP contribution is -2.25. The molecule has 240 valence electrons. The van der Waals surface area contributed by atoms with E-state index in [-0.39, 0.29) is 0 Å². The number of nitrogens with zero attached hydrogens (tertiary/aromatic N) is 1. The van der Waals surface area contributed by atoms with E-state index in [4.69, 9.17) is 9.40 Å². The monoisotopic (exact) mass is 659 g/mol. The lowest BCUT2D eigenvalue weighted by Gasteiger charge is -2.30. The van der Waals surface area contributed by atoms with E-state index in [1.54, 1.807) is 0 Å². The lowest BCUT2D eigenvalue weighted by atomic mass is 9.70. The van der Waals surface area contributed by atoms with Crippen LogP contribution in [0, 0.1) is 0 Å². The van der Waals surface area contributed by atoms with Gasteiger partial charge in [-0.25, -0.2) is 4.98 Å². The van der Waals surface area contributed by atoms with Gasteiger partial charge in [0.05, 0.1) is 16.6 Å². The van der Waals surface area contributed by atoms with Crippen molar-refractivity contribution in [2.24, 2.45) is 0 Å². The molecule has 52 heavy (non-hydrogen) atoms. The molecule has 0 N–H and O–H groups in total. The van der Waals surface area contributed by atoms with E-state index in [0.29, 0.717) is 0 Å². The fourth-order valence-corrected chi connectivity index (χ4v) is 9.65. The van der Waals surface area contributed by atoms with Gasteiger partial charge in [0.1, 0.15) is 11.2 Å². The van der Waals surface area contributed by atoms with E-state index in [0.717, 1.165) is 55.2 Å². The van der Waals surface area contributed by atoms with Crippen LogP contribution in [0.15, 0.2) is 180 Å². The Hall–Kier alpha value is -6.77. The summed E-state index contributed by atoms with van der Waals surface area (Å²) in [6, 6.07) is 64.0. The second-order valence-corrected chi connectivity index (χ2v) is 14.1. The molecule has 2 aromatic heterocycles. The third-order valence-corrected chi connectivity index (χ3v) is 11.7. The zero-order valence-corrected chi connectivity index (χ0v) is 28.1. The van der Waals surface area contributed by atoms with Gasteiger partial charge in [-0.2, -0.15) is 0 Å². The van der Waals surface area contributed by atoms with Gasteiger partial charge in [-0.15, -0.1) is 0 Å². The molecule has 0 fully saturated rings. The minimum atomic E-state index is -0.400. The molecule has 2 aliphatic carbocycles. The van der Waals surface area contributed by atoms with E-state index in [2.05, 4.69) is 164 Å². The molecule has 8 aromatic carbocycles. The van der Waals surface area contributed by atoms with Gasteiger partial charge < -0.3 is 4.42 Å². The largest absolute Gasteiger partial charge is 0.455 e. The Kier molecular flexibility index (Phi) is 5.46. The van der Waals surface area contributed by atoms with Crippen LogP contribution in [0.5, 0.6) is 0 Å². The average molecular weight is 660 g/mol. The molecule has 2 aliphatic rings. The van der Waals surface area contributed by atoms with Crippen molar-refractivity contribution in [3.63, 3.8) is 0 Å². The molecule has 0 bridgehead atoms. The first-order valence-corrected chi connectivity index (χ1v) is 18.0. The van der Waals surface area contributed by atoms with Gasteiger partial charge in [0.25, 0.3) is 0 Å². The summed E-state index contributed by atoms with van der Waals surface area (Å²) in [5.41, 5.74) is 17.3. The highest BCUT2D eigenvalue weighted by molar-refractivity contribution is 6.20. The number of hydrogen-bond donors (Lipinski definition) is 0. The third-order valence-electron chi connectivity index (χ3n) is 11.7. The Bertz CT molecular complexity index is 3100. The minimum absolute atomic E-state index is 0.400. The van der Waals surface area contributed by atoms with Crippen molar-refractivity contribution < 1.29 is 4.42 Å². The Morgan fingerprint density at radius 1 is 0.404 bits per heavy atom. The summed E-state index contributed by atoms with van der Waals surface area (Å²) in [5.74, 6) is 0. The zero-order valence-electron chi connectivity index (χ0n) is 28.1. The molecule has 0 saturated carbocycles. The summed E-state index contributed by atoms with van der Waals surface area (Å²) in [5, 5.41) is 5.85. The Balaban J connectivity index is 1.16. The second-order valence-electron chi connectivity index (χ2n) is 14.1. The quantitative estimate of drug-likeness (QED) is 0.173. The molecule has 2 nitrogen and oxygen atoms in total. The number of rotatable bonds is 2. The van der Waals surface area contributed by atoms with Gasteiger partial charge in [-0.05, 0) is 68.3 Å². The number of furan rings is 1. The van der Waals surface area contributed by atoms with Crippen LogP contribution in [-0.4, -0.2) is 4.98 Å². The molecule has 0 radical (unpaired) electrons. The van der Waals surface area contributed by atoms with Crippen LogP contribution >= 0.6 is 0 Å². The number of hydrogen-bond acceptors (Lipinski definition) is 2. The first-order chi connectivity index (χ1) is 25.8. The number of fused-ring (bicyclic) bond motifs is 17. The Morgan fingerprint density at radius 3 is 1.81 bits per heavy atom. The van der Waals surface area contributed by atoms with Gasteiger partial charge >= 0.3 is 0 Å². The highest BCUT2D eigenvalue weighted by atomic mass is 16.3. The summed E-state index contributed by atoms with van der Waals surface area (Å²) >= 11 is 0. The van der Waals surface area contributed by atoms with Gasteiger partial charge in [0, 0.05) is 38.1 Å². The van der Waals surface area contributed by atoms with Gasteiger partial charge in [0.15, 0.2) is 0 Å². The van der Waals surface area contributed by atoms with E-state index in [1.807, 2.05) is 12.1 Å². The van der Waals surface area contributed by atoms with Crippen LogP contribution in [0.25, 0.3) is 88.3 Å². The van der Waals surface area contributed by atoms with E-state index in [9.17, 15) is 0 Å². The zero-order chi connectivity index (χ0) is 34.0. The summed E-state index contributed by atoms with van der Waals surface area (Å²) in [6.07, 6.45) is 0.